The van der Waals surface area contributed by atoms with Gasteiger partial charge < -0.3 is 4.42 Å². The first-order valence-corrected chi connectivity index (χ1v) is 9.96. The molecule has 0 N–H and O–H groups in total. The van der Waals surface area contributed by atoms with Crippen LogP contribution in [0, 0.1) is 17.5 Å². The minimum atomic E-state index is -1.25. The Hall–Kier alpha value is -3.16. The molecule has 5 rings (SSSR count). The second-order valence-electron chi connectivity index (χ2n) is 7.83. The highest BCUT2D eigenvalue weighted by Crippen LogP contribution is 2.51. The van der Waals surface area contributed by atoms with Crippen molar-refractivity contribution in [3.05, 3.63) is 60.1 Å². The molecule has 0 saturated heterocycles. The van der Waals surface area contributed by atoms with Crippen LogP contribution in [0.3, 0.4) is 0 Å². The van der Waals surface area contributed by atoms with Crippen molar-refractivity contribution in [3.63, 3.8) is 0 Å². The predicted molar refractivity (Wildman–Crippen MR) is 104 cm³/mol. The molecule has 0 atom stereocenters. The van der Waals surface area contributed by atoms with E-state index >= 15 is 0 Å². The van der Waals surface area contributed by atoms with Crippen LogP contribution in [0.5, 0.6) is 0 Å². The Kier molecular flexibility index (Phi) is 4.38. The topological polar surface area (TPSA) is 56.2 Å². The standard InChI is InChI=1S/C22H19F3N4O/c1-2-3-6-22(7-8-22)21-28-27-18-5-4-13(11-29(18)21)20-19(26-12-30-20)14-9-16(24)17(25)10-15(14)23/h4-5,9-12H,2-3,6-8H2,1H3. The quantitative estimate of drug-likeness (QED) is 0.382. The summed E-state index contributed by atoms with van der Waals surface area (Å²) >= 11 is 0. The third-order valence-corrected chi connectivity index (χ3v) is 5.83. The van der Waals surface area contributed by atoms with E-state index in [1.165, 1.54) is 0 Å². The molecular formula is C22H19F3N4O. The van der Waals surface area contributed by atoms with E-state index in [1.807, 2.05) is 10.6 Å². The number of hydrogen-bond acceptors (Lipinski definition) is 4. The maximum Gasteiger partial charge on any atom is 0.182 e. The number of unbranched alkanes of at least 4 members (excludes halogenated alkanes) is 1. The number of nitrogens with zero attached hydrogens (tertiary/aromatic N) is 4. The summed E-state index contributed by atoms with van der Waals surface area (Å²) in [4.78, 5) is 4.05. The molecule has 30 heavy (non-hydrogen) atoms. The third-order valence-electron chi connectivity index (χ3n) is 5.83. The second kappa shape index (κ2) is 6.97. The van der Waals surface area contributed by atoms with Crippen molar-refractivity contribution >= 4 is 5.65 Å². The molecule has 0 radical (unpaired) electrons. The minimum absolute atomic E-state index is 0.0461. The summed E-state index contributed by atoms with van der Waals surface area (Å²) in [6, 6.07) is 4.87. The molecule has 1 saturated carbocycles. The van der Waals surface area contributed by atoms with Gasteiger partial charge in [-0.05, 0) is 37.5 Å². The van der Waals surface area contributed by atoms with Gasteiger partial charge in [0.15, 0.2) is 29.4 Å². The molecule has 0 spiro atoms. The van der Waals surface area contributed by atoms with E-state index in [-0.39, 0.29) is 22.4 Å². The van der Waals surface area contributed by atoms with E-state index in [2.05, 4.69) is 22.1 Å². The van der Waals surface area contributed by atoms with E-state index < -0.39 is 17.5 Å². The first-order valence-electron chi connectivity index (χ1n) is 9.96. The molecule has 3 aromatic heterocycles. The van der Waals surface area contributed by atoms with Crippen molar-refractivity contribution in [3.8, 4) is 22.6 Å². The van der Waals surface area contributed by atoms with Gasteiger partial charge in [-0.3, -0.25) is 4.40 Å². The zero-order valence-corrected chi connectivity index (χ0v) is 16.3. The van der Waals surface area contributed by atoms with Gasteiger partial charge >= 0.3 is 0 Å². The van der Waals surface area contributed by atoms with Gasteiger partial charge in [0.2, 0.25) is 0 Å². The van der Waals surface area contributed by atoms with Gasteiger partial charge in [0.25, 0.3) is 0 Å². The lowest BCUT2D eigenvalue weighted by molar-refractivity contribution is 0.496. The van der Waals surface area contributed by atoms with Gasteiger partial charge in [-0.15, -0.1) is 10.2 Å². The minimum Gasteiger partial charge on any atom is -0.443 e. The number of aromatic nitrogens is 4. The number of rotatable bonds is 6. The summed E-state index contributed by atoms with van der Waals surface area (Å²) in [6.45, 7) is 2.17. The van der Waals surface area contributed by atoms with Crippen LogP contribution in [-0.2, 0) is 5.41 Å². The fourth-order valence-electron chi connectivity index (χ4n) is 3.99. The van der Waals surface area contributed by atoms with E-state index in [0.29, 0.717) is 17.3 Å². The van der Waals surface area contributed by atoms with Crippen LogP contribution >= 0.6 is 0 Å². The number of fused-ring (bicyclic) bond motifs is 1. The van der Waals surface area contributed by atoms with Crippen molar-refractivity contribution < 1.29 is 17.6 Å². The van der Waals surface area contributed by atoms with Crippen molar-refractivity contribution in [2.75, 3.05) is 0 Å². The fraction of sp³-hybridized carbons (Fsp3) is 0.318. The van der Waals surface area contributed by atoms with Crippen LogP contribution in [0.25, 0.3) is 28.2 Å². The van der Waals surface area contributed by atoms with Crippen molar-refractivity contribution in [2.45, 2.75) is 44.4 Å². The maximum atomic E-state index is 14.3. The fourth-order valence-corrected chi connectivity index (χ4v) is 3.99. The van der Waals surface area contributed by atoms with Crippen molar-refractivity contribution in [1.29, 1.82) is 0 Å². The monoisotopic (exact) mass is 412 g/mol. The van der Waals surface area contributed by atoms with Gasteiger partial charge in [0.05, 0.1) is 0 Å². The van der Waals surface area contributed by atoms with Crippen LogP contribution in [0.15, 0.2) is 41.3 Å². The molecule has 1 aliphatic carbocycles. The SMILES string of the molecule is CCCCC1(c2nnc3ccc(-c4ocnc4-c4cc(F)c(F)cc4F)cn23)CC1. The predicted octanol–water partition coefficient (Wildman–Crippen LogP) is 5.69. The van der Waals surface area contributed by atoms with Crippen LogP contribution in [0.2, 0.25) is 0 Å². The first kappa shape index (κ1) is 18.8. The third kappa shape index (κ3) is 2.98. The zero-order valence-electron chi connectivity index (χ0n) is 16.3. The van der Waals surface area contributed by atoms with Crippen molar-refractivity contribution in [1.82, 2.24) is 19.6 Å². The summed E-state index contributed by atoms with van der Waals surface area (Å²) < 4.78 is 48.8. The molecule has 0 bridgehead atoms. The summed E-state index contributed by atoms with van der Waals surface area (Å²) in [5.74, 6) is -2.14. The molecular weight excluding hydrogens is 393 g/mol. The lowest BCUT2D eigenvalue weighted by Crippen LogP contribution is -2.11. The highest BCUT2D eigenvalue weighted by Gasteiger charge is 2.47. The first-order chi connectivity index (χ1) is 14.5. The number of halogens is 3. The van der Waals surface area contributed by atoms with Crippen molar-refractivity contribution in [2.24, 2.45) is 0 Å². The maximum absolute atomic E-state index is 14.3. The van der Waals surface area contributed by atoms with E-state index in [1.54, 1.807) is 12.1 Å². The molecule has 1 fully saturated rings. The summed E-state index contributed by atoms with van der Waals surface area (Å²) in [5.41, 5.74) is 1.31. The molecule has 0 unspecified atom stereocenters. The molecule has 0 aliphatic heterocycles. The average molecular weight is 412 g/mol. The van der Waals surface area contributed by atoms with Crippen LogP contribution in [-0.4, -0.2) is 19.6 Å². The van der Waals surface area contributed by atoms with Crippen LogP contribution in [0.1, 0.15) is 44.9 Å². The molecule has 154 valence electrons. The largest absolute Gasteiger partial charge is 0.443 e. The lowest BCUT2D eigenvalue weighted by Gasteiger charge is -2.13. The van der Waals surface area contributed by atoms with Gasteiger partial charge in [0, 0.05) is 28.8 Å². The lowest BCUT2D eigenvalue weighted by atomic mass is 9.98. The highest BCUT2D eigenvalue weighted by atomic mass is 19.2. The second-order valence-corrected chi connectivity index (χ2v) is 7.83. The Morgan fingerprint density at radius 3 is 2.63 bits per heavy atom. The Bertz CT molecular complexity index is 1240. The van der Waals surface area contributed by atoms with E-state index in [4.69, 9.17) is 4.42 Å². The van der Waals surface area contributed by atoms with E-state index in [9.17, 15) is 13.2 Å². The molecule has 0 amide bonds. The average Bonchev–Trinajstić information content (AvgIpc) is 3.16. The number of benzene rings is 1. The number of pyridine rings is 1. The summed E-state index contributed by atoms with van der Waals surface area (Å²) in [5, 5.41) is 8.72. The normalized spacial score (nSPS) is 15.1. The van der Waals surface area contributed by atoms with Gasteiger partial charge in [-0.2, -0.15) is 0 Å². The molecule has 3 heterocycles. The van der Waals surface area contributed by atoms with Gasteiger partial charge in [0.1, 0.15) is 17.3 Å². The molecule has 1 aliphatic rings. The van der Waals surface area contributed by atoms with Gasteiger partial charge in [-0.25, -0.2) is 18.2 Å². The molecule has 1 aromatic carbocycles. The van der Waals surface area contributed by atoms with E-state index in [0.717, 1.165) is 50.4 Å². The summed E-state index contributed by atoms with van der Waals surface area (Å²) in [6.07, 6.45) is 8.44. The van der Waals surface area contributed by atoms with Crippen LogP contribution < -0.4 is 0 Å². The Morgan fingerprint density at radius 2 is 1.87 bits per heavy atom. The van der Waals surface area contributed by atoms with Crippen LogP contribution in [0.4, 0.5) is 13.2 Å². The molecule has 8 heteroatoms. The Morgan fingerprint density at radius 1 is 1.07 bits per heavy atom. The Balaban J connectivity index is 1.60. The number of hydrogen-bond donors (Lipinski definition) is 0. The highest BCUT2D eigenvalue weighted by molar-refractivity contribution is 5.77. The Labute approximate surface area is 170 Å². The zero-order chi connectivity index (χ0) is 20.9. The summed E-state index contributed by atoms with van der Waals surface area (Å²) in [7, 11) is 0. The molecule has 4 aromatic rings. The smallest absolute Gasteiger partial charge is 0.182 e. The number of oxazole rings is 1. The van der Waals surface area contributed by atoms with Gasteiger partial charge in [-0.1, -0.05) is 19.8 Å². The molecule has 5 nitrogen and oxygen atoms in total.